The van der Waals surface area contributed by atoms with Crippen LogP contribution in [0, 0.1) is 6.92 Å². The van der Waals surface area contributed by atoms with E-state index >= 15 is 0 Å². The normalized spacial score (nSPS) is 11.7. The second-order valence-corrected chi connectivity index (χ2v) is 6.60. The zero-order valence-corrected chi connectivity index (χ0v) is 15.0. The van der Waals surface area contributed by atoms with E-state index in [1.807, 2.05) is 17.0 Å². The van der Waals surface area contributed by atoms with Crippen LogP contribution in [0.15, 0.2) is 40.4 Å². The van der Waals surface area contributed by atoms with Crippen molar-refractivity contribution >= 4 is 22.2 Å². The molecule has 0 saturated heterocycles. The lowest BCUT2D eigenvalue weighted by molar-refractivity contribution is 0.577. The zero-order chi connectivity index (χ0) is 18.4. The van der Waals surface area contributed by atoms with Gasteiger partial charge in [-0.3, -0.25) is 13.9 Å². The predicted octanol–water partition coefficient (Wildman–Crippen LogP) is 1.18. The summed E-state index contributed by atoms with van der Waals surface area (Å²) in [6.45, 7) is 3.48. The molecule has 134 valence electrons. The lowest BCUT2D eigenvalue weighted by Gasteiger charge is -2.08. The minimum absolute atomic E-state index is 0.315. The third kappa shape index (κ3) is 2.45. The van der Waals surface area contributed by atoms with E-state index in [2.05, 4.69) is 33.6 Å². The van der Waals surface area contributed by atoms with Crippen molar-refractivity contribution in [3.05, 3.63) is 57.3 Å². The average molecular weight is 352 g/mol. The molecule has 0 bridgehead atoms. The standard InChI is InChI=1S/C18H20N6O2/c1-12-5-6-13-14(9-12)23(10-19-13)7-4-8-24-11-20-16-15(24)17(25)22(3)18(26)21(16)2/h5-6,9-11H,4,7-8H2,1-3H3. The molecule has 0 N–H and O–H groups in total. The lowest BCUT2D eigenvalue weighted by Crippen LogP contribution is -2.37. The highest BCUT2D eigenvalue weighted by molar-refractivity contribution is 5.76. The van der Waals surface area contributed by atoms with Gasteiger partial charge in [0.15, 0.2) is 11.2 Å². The van der Waals surface area contributed by atoms with Crippen molar-refractivity contribution in [2.45, 2.75) is 26.4 Å². The summed E-state index contributed by atoms with van der Waals surface area (Å²) in [4.78, 5) is 33.1. The van der Waals surface area contributed by atoms with Gasteiger partial charge < -0.3 is 9.13 Å². The molecule has 0 aliphatic carbocycles. The van der Waals surface area contributed by atoms with Gasteiger partial charge in [0.05, 0.1) is 23.7 Å². The monoisotopic (exact) mass is 352 g/mol. The van der Waals surface area contributed by atoms with Crippen molar-refractivity contribution in [1.82, 2.24) is 28.2 Å². The number of aromatic nitrogens is 6. The van der Waals surface area contributed by atoms with Crippen LogP contribution in [0.3, 0.4) is 0 Å². The van der Waals surface area contributed by atoms with E-state index in [1.54, 1.807) is 13.4 Å². The van der Waals surface area contributed by atoms with E-state index in [1.165, 1.54) is 17.2 Å². The topological polar surface area (TPSA) is 79.6 Å². The number of nitrogens with zero attached hydrogens (tertiary/aromatic N) is 6. The van der Waals surface area contributed by atoms with Crippen molar-refractivity contribution in [1.29, 1.82) is 0 Å². The van der Waals surface area contributed by atoms with Gasteiger partial charge in [-0.2, -0.15) is 0 Å². The number of benzene rings is 1. The Morgan fingerprint density at radius 2 is 1.69 bits per heavy atom. The Kier molecular flexibility index (Phi) is 3.75. The third-order valence-corrected chi connectivity index (χ3v) is 4.79. The fourth-order valence-corrected chi connectivity index (χ4v) is 3.32. The highest BCUT2D eigenvalue weighted by Gasteiger charge is 2.14. The smallest absolute Gasteiger partial charge is 0.331 e. The van der Waals surface area contributed by atoms with Gasteiger partial charge in [-0.1, -0.05) is 6.07 Å². The molecule has 26 heavy (non-hydrogen) atoms. The summed E-state index contributed by atoms with van der Waals surface area (Å²) in [5.74, 6) is 0. The van der Waals surface area contributed by atoms with Crippen LogP contribution in [-0.4, -0.2) is 28.2 Å². The molecule has 0 aliphatic rings. The molecule has 0 atom stereocenters. The minimum Gasteiger partial charge on any atom is -0.331 e. The van der Waals surface area contributed by atoms with Crippen LogP contribution in [0.5, 0.6) is 0 Å². The van der Waals surface area contributed by atoms with Crippen LogP contribution in [0.1, 0.15) is 12.0 Å². The Morgan fingerprint density at radius 1 is 0.962 bits per heavy atom. The fraction of sp³-hybridized carbons (Fsp3) is 0.333. The van der Waals surface area contributed by atoms with E-state index in [0.29, 0.717) is 17.7 Å². The maximum atomic E-state index is 12.5. The Balaban J connectivity index is 1.61. The van der Waals surface area contributed by atoms with Crippen LogP contribution in [0.4, 0.5) is 0 Å². The summed E-state index contributed by atoms with van der Waals surface area (Å²) >= 11 is 0. The molecule has 1 aromatic carbocycles. The summed E-state index contributed by atoms with van der Waals surface area (Å²) < 4.78 is 6.46. The largest absolute Gasteiger partial charge is 0.332 e. The van der Waals surface area contributed by atoms with Crippen LogP contribution < -0.4 is 11.2 Å². The number of imidazole rings is 2. The first-order valence-corrected chi connectivity index (χ1v) is 8.49. The Bertz CT molecular complexity index is 1240. The molecule has 4 aromatic rings. The van der Waals surface area contributed by atoms with E-state index in [-0.39, 0.29) is 11.2 Å². The maximum absolute atomic E-state index is 12.5. The van der Waals surface area contributed by atoms with Crippen LogP contribution in [0.2, 0.25) is 0 Å². The summed E-state index contributed by atoms with van der Waals surface area (Å²) in [6, 6.07) is 6.20. The molecule has 0 fully saturated rings. The molecule has 3 aromatic heterocycles. The summed E-state index contributed by atoms with van der Waals surface area (Å²) in [5.41, 5.74) is 3.48. The van der Waals surface area contributed by atoms with Gasteiger partial charge >= 0.3 is 5.69 Å². The molecular formula is C18H20N6O2. The predicted molar refractivity (Wildman–Crippen MR) is 99.3 cm³/mol. The SMILES string of the molecule is Cc1ccc2ncn(CCCn3cnc4c3c(=O)n(C)c(=O)n4C)c2c1. The molecular weight excluding hydrogens is 332 g/mol. The summed E-state index contributed by atoms with van der Waals surface area (Å²) in [5, 5.41) is 0. The average Bonchev–Trinajstić information content (AvgIpc) is 3.23. The highest BCUT2D eigenvalue weighted by atomic mass is 16.2. The maximum Gasteiger partial charge on any atom is 0.332 e. The molecule has 0 radical (unpaired) electrons. The summed E-state index contributed by atoms with van der Waals surface area (Å²) in [6.07, 6.45) is 4.29. The second-order valence-electron chi connectivity index (χ2n) is 6.60. The number of hydrogen-bond donors (Lipinski definition) is 0. The van der Waals surface area contributed by atoms with Crippen LogP contribution >= 0.6 is 0 Å². The Hall–Kier alpha value is -3.16. The van der Waals surface area contributed by atoms with Gasteiger partial charge in [0, 0.05) is 27.2 Å². The summed E-state index contributed by atoms with van der Waals surface area (Å²) in [7, 11) is 3.11. The van der Waals surface area contributed by atoms with Crippen LogP contribution in [-0.2, 0) is 27.2 Å². The van der Waals surface area contributed by atoms with Crippen molar-refractivity contribution in [3.63, 3.8) is 0 Å². The molecule has 8 nitrogen and oxygen atoms in total. The van der Waals surface area contributed by atoms with Gasteiger partial charge in [-0.15, -0.1) is 0 Å². The third-order valence-electron chi connectivity index (χ3n) is 4.79. The quantitative estimate of drug-likeness (QED) is 0.552. The molecule has 0 unspecified atom stereocenters. The van der Waals surface area contributed by atoms with E-state index in [4.69, 9.17) is 0 Å². The minimum atomic E-state index is -0.368. The number of fused-ring (bicyclic) bond motifs is 2. The second kappa shape index (κ2) is 5.98. The van der Waals surface area contributed by atoms with E-state index in [9.17, 15) is 9.59 Å². The fourth-order valence-electron chi connectivity index (χ4n) is 3.32. The molecule has 0 amide bonds. The first-order valence-electron chi connectivity index (χ1n) is 8.49. The van der Waals surface area contributed by atoms with Crippen molar-refractivity contribution in [3.8, 4) is 0 Å². The number of aryl methyl sites for hydroxylation is 4. The Morgan fingerprint density at radius 3 is 2.50 bits per heavy atom. The van der Waals surface area contributed by atoms with E-state index < -0.39 is 0 Å². The molecule has 3 heterocycles. The Labute approximate surface area is 149 Å². The van der Waals surface area contributed by atoms with Gasteiger partial charge in [0.2, 0.25) is 0 Å². The van der Waals surface area contributed by atoms with Gasteiger partial charge in [-0.25, -0.2) is 14.8 Å². The molecule has 0 spiro atoms. The first-order chi connectivity index (χ1) is 12.5. The van der Waals surface area contributed by atoms with Gasteiger partial charge in [-0.05, 0) is 31.0 Å². The van der Waals surface area contributed by atoms with E-state index in [0.717, 1.165) is 28.6 Å². The van der Waals surface area contributed by atoms with Crippen molar-refractivity contribution < 1.29 is 0 Å². The van der Waals surface area contributed by atoms with Gasteiger partial charge in [0.1, 0.15) is 0 Å². The molecule has 4 rings (SSSR count). The number of rotatable bonds is 4. The van der Waals surface area contributed by atoms with Crippen molar-refractivity contribution in [2.24, 2.45) is 14.1 Å². The molecule has 0 saturated carbocycles. The van der Waals surface area contributed by atoms with Crippen LogP contribution in [0.25, 0.3) is 22.2 Å². The molecule has 8 heteroatoms. The first kappa shape index (κ1) is 16.3. The molecule has 0 aliphatic heterocycles. The lowest BCUT2D eigenvalue weighted by atomic mass is 10.2. The van der Waals surface area contributed by atoms with Gasteiger partial charge in [0.25, 0.3) is 5.56 Å². The number of hydrogen-bond acceptors (Lipinski definition) is 4. The zero-order valence-electron chi connectivity index (χ0n) is 15.0. The van der Waals surface area contributed by atoms with Crippen molar-refractivity contribution in [2.75, 3.05) is 0 Å². The highest BCUT2D eigenvalue weighted by Crippen LogP contribution is 2.15.